The van der Waals surface area contributed by atoms with Gasteiger partial charge in [0.25, 0.3) is 5.91 Å². The van der Waals surface area contributed by atoms with Gasteiger partial charge in [-0.3, -0.25) is 4.79 Å². The summed E-state index contributed by atoms with van der Waals surface area (Å²) in [6, 6.07) is 9.61. The average Bonchev–Trinajstić information content (AvgIpc) is 3.09. The summed E-state index contributed by atoms with van der Waals surface area (Å²) < 4.78 is 0. The van der Waals surface area contributed by atoms with E-state index in [4.69, 9.17) is 0 Å². The predicted octanol–water partition coefficient (Wildman–Crippen LogP) is 3.63. The second-order valence-corrected chi connectivity index (χ2v) is 7.22. The number of anilines is 2. The van der Waals surface area contributed by atoms with Crippen LogP contribution in [0.5, 0.6) is 0 Å². The zero-order valence-corrected chi connectivity index (χ0v) is 14.5. The van der Waals surface area contributed by atoms with E-state index in [1.54, 1.807) is 12.3 Å². The predicted molar refractivity (Wildman–Crippen MR) is 96.6 cm³/mol. The smallest absolute Gasteiger partial charge is 0.274 e. The fraction of sp³-hybridized carbons (Fsp3) is 0.421. The van der Waals surface area contributed by atoms with Crippen molar-refractivity contribution in [1.82, 2.24) is 9.97 Å². The molecule has 126 valence electrons. The van der Waals surface area contributed by atoms with Crippen LogP contribution in [-0.2, 0) is 5.41 Å². The monoisotopic (exact) mass is 324 g/mol. The Labute approximate surface area is 143 Å². The number of amides is 1. The Hall–Kier alpha value is -2.43. The largest absolute Gasteiger partial charge is 0.341 e. The van der Waals surface area contributed by atoms with E-state index >= 15 is 0 Å². The Morgan fingerprint density at radius 1 is 1.08 bits per heavy atom. The van der Waals surface area contributed by atoms with Crippen molar-refractivity contribution in [3.05, 3.63) is 47.8 Å². The molecule has 1 aromatic carbocycles. The molecule has 0 atom stereocenters. The zero-order valence-electron chi connectivity index (χ0n) is 14.5. The highest BCUT2D eigenvalue weighted by molar-refractivity contribution is 6.02. The van der Waals surface area contributed by atoms with E-state index in [1.165, 1.54) is 5.56 Å². The minimum absolute atomic E-state index is 0.0970. The third kappa shape index (κ3) is 3.72. The summed E-state index contributed by atoms with van der Waals surface area (Å²) in [5, 5.41) is 2.91. The fourth-order valence-corrected chi connectivity index (χ4v) is 2.79. The summed E-state index contributed by atoms with van der Waals surface area (Å²) >= 11 is 0. The summed E-state index contributed by atoms with van der Waals surface area (Å²) in [5.74, 6) is 0.435. The number of carbonyl (C=O) groups is 1. The SMILES string of the molecule is CC(C)(C)c1ccc(NC(=O)c2ccnc(N3CCCC3)n2)cc1. The summed E-state index contributed by atoms with van der Waals surface area (Å²) in [5.41, 5.74) is 2.50. The van der Waals surface area contributed by atoms with E-state index in [9.17, 15) is 4.79 Å². The minimum atomic E-state index is -0.207. The molecule has 1 aliphatic rings. The third-order valence-electron chi connectivity index (χ3n) is 4.27. The quantitative estimate of drug-likeness (QED) is 0.937. The molecule has 5 nitrogen and oxygen atoms in total. The molecule has 1 aliphatic heterocycles. The number of benzene rings is 1. The van der Waals surface area contributed by atoms with Crippen LogP contribution in [0.2, 0.25) is 0 Å². The molecule has 0 spiro atoms. The number of hydrogen-bond acceptors (Lipinski definition) is 4. The van der Waals surface area contributed by atoms with Crippen LogP contribution in [0.3, 0.4) is 0 Å². The highest BCUT2D eigenvalue weighted by Gasteiger charge is 2.17. The molecule has 0 bridgehead atoms. The molecule has 3 rings (SSSR count). The molecule has 0 radical (unpaired) electrons. The van der Waals surface area contributed by atoms with Crippen LogP contribution in [0, 0.1) is 0 Å². The number of aromatic nitrogens is 2. The standard InChI is InChI=1S/C19H24N4O/c1-19(2,3)14-6-8-15(9-7-14)21-17(24)16-10-11-20-18(22-16)23-12-4-5-13-23/h6-11H,4-5,12-13H2,1-3H3,(H,21,24). The van der Waals surface area contributed by atoms with Gasteiger partial charge in [0, 0.05) is 25.0 Å². The van der Waals surface area contributed by atoms with E-state index in [0.29, 0.717) is 11.6 Å². The van der Waals surface area contributed by atoms with E-state index < -0.39 is 0 Å². The Bertz CT molecular complexity index is 713. The molecule has 5 heteroatoms. The molecule has 1 amide bonds. The Kier molecular flexibility index (Phi) is 4.51. The Balaban J connectivity index is 1.71. The number of hydrogen-bond donors (Lipinski definition) is 1. The molecule has 2 aromatic rings. The van der Waals surface area contributed by atoms with Crippen molar-refractivity contribution >= 4 is 17.5 Å². The summed E-state index contributed by atoms with van der Waals surface area (Å²) in [7, 11) is 0. The first-order chi connectivity index (χ1) is 11.4. The maximum absolute atomic E-state index is 12.4. The summed E-state index contributed by atoms with van der Waals surface area (Å²) in [6.07, 6.45) is 3.96. The number of carbonyl (C=O) groups excluding carboxylic acids is 1. The third-order valence-corrected chi connectivity index (χ3v) is 4.27. The van der Waals surface area contributed by atoms with Gasteiger partial charge in [0.1, 0.15) is 5.69 Å². The molecule has 1 fully saturated rings. The molecular weight excluding hydrogens is 300 g/mol. The highest BCUT2D eigenvalue weighted by atomic mass is 16.1. The first-order valence-electron chi connectivity index (χ1n) is 8.43. The van der Waals surface area contributed by atoms with Crippen molar-refractivity contribution < 1.29 is 4.79 Å². The zero-order chi connectivity index (χ0) is 17.2. The number of nitrogens with one attached hydrogen (secondary N) is 1. The Morgan fingerprint density at radius 3 is 2.38 bits per heavy atom. The van der Waals surface area contributed by atoms with Crippen molar-refractivity contribution in [2.45, 2.75) is 39.0 Å². The number of rotatable bonds is 3. The van der Waals surface area contributed by atoms with Gasteiger partial charge in [0.05, 0.1) is 0 Å². The van der Waals surface area contributed by atoms with Crippen LogP contribution in [-0.4, -0.2) is 29.0 Å². The van der Waals surface area contributed by atoms with Gasteiger partial charge in [-0.05, 0) is 42.0 Å². The molecule has 24 heavy (non-hydrogen) atoms. The van der Waals surface area contributed by atoms with Crippen LogP contribution < -0.4 is 10.2 Å². The van der Waals surface area contributed by atoms with Crippen molar-refractivity contribution in [3.63, 3.8) is 0 Å². The first-order valence-corrected chi connectivity index (χ1v) is 8.43. The Morgan fingerprint density at radius 2 is 1.75 bits per heavy atom. The molecule has 1 N–H and O–H groups in total. The van der Waals surface area contributed by atoms with E-state index in [1.807, 2.05) is 24.3 Å². The van der Waals surface area contributed by atoms with E-state index in [0.717, 1.165) is 31.6 Å². The van der Waals surface area contributed by atoms with Gasteiger partial charge in [0.15, 0.2) is 0 Å². The lowest BCUT2D eigenvalue weighted by molar-refractivity contribution is 0.102. The molecule has 2 heterocycles. The lowest BCUT2D eigenvalue weighted by Crippen LogP contribution is -2.22. The second kappa shape index (κ2) is 6.59. The highest BCUT2D eigenvalue weighted by Crippen LogP contribution is 2.23. The van der Waals surface area contributed by atoms with Crippen LogP contribution in [0.25, 0.3) is 0 Å². The molecule has 0 unspecified atom stereocenters. The van der Waals surface area contributed by atoms with E-state index in [-0.39, 0.29) is 11.3 Å². The van der Waals surface area contributed by atoms with E-state index in [2.05, 4.69) is 41.0 Å². The lowest BCUT2D eigenvalue weighted by Gasteiger charge is -2.19. The van der Waals surface area contributed by atoms with Crippen LogP contribution in [0.15, 0.2) is 36.5 Å². The summed E-state index contributed by atoms with van der Waals surface area (Å²) in [6.45, 7) is 8.42. The fourth-order valence-electron chi connectivity index (χ4n) is 2.79. The van der Waals surface area contributed by atoms with Crippen molar-refractivity contribution in [2.24, 2.45) is 0 Å². The molecule has 1 saturated heterocycles. The molecular formula is C19H24N4O. The molecule has 0 saturated carbocycles. The van der Waals surface area contributed by atoms with Gasteiger partial charge >= 0.3 is 0 Å². The van der Waals surface area contributed by atoms with Crippen LogP contribution in [0.1, 0.15) is 49.7 Å². The average molecular weight is 324 g/mol. The second-order valence-electron chi connectivity index (χ2n) is 7.22. The maximum Gasteiger partial charge on any atom is 0.274 e. The summed E-state index contributed by atoms with van der Waals surface area (Å²) in [4.78, 5) is 23.3. The number of nitrogens with zero attached hydrogens (tertiary/aromatic N) is 3. The first kappa shape index (κ1) is 16.4. The lowest BCUT2D eigenvalue weighted by atomic mass is 9.87. The van der Waals surface area contributed by atoms with Crippen LogP contribution in [0.4, 0.5) is 11.6 Å². The van der Waals surface area contributed by atoms with Gasteiger partial charge in [-0.15, -0.1) is 0 Å². The van der Waals surface area contributed by atoms with Crippen LogP contribution >= 0.6 is 0 Å². The van der Waals surface area contributed by atoms with Gasteiger partial charge < -0.3 is 10.2 Å². The maximum atomic E-state index is 12.4. The van der Waals surface area contributed by atoms with Crippen molar-refractivity contribution in [3.8, 4) is 0 Å². The van der Waals surface area contributed by atoms with Gasteiger partial charge in [-0.1, -0.05) is 32.9 Å². The minimum Gasteiger partial charge on any atom is -0.341 e. The van der Waals surface area contributed by atoms with Gasteiger partial charge in [0.2, 0.25) is 5.95 Å². The van der Waals surface area contributed by atoms with Gasteiger partial charge in [-0.25, -0.2) is 9.97 Å². The van der Waals surface area contributed by atoms with Crippen molar-refractivity contribution in [1.29, 1.82) is 0 Å². The normalized spacial score (nSPS) is 14.7. The topological polar surface area (TPSA) is 58.1 Å². The molecule has 1 aromatic heterocycles. The van der Waals surface area contributed by atoms with Crippen molar-refractivity contribution in [2.75, 3.05) is 23.3 Å². The molecule has 0 aliphatic carbocycles. The van der Waals surface area contributed by atoms with Gasteiger partial charge in [-0.2, -0.15) is 0 Å².